The zero-order valence-electron chi connectivity index (χ0n) is 13.6. The summed E-state index contributed by atoms with van der Waals surface area (Å²) in [7, 11) is 0. The van der Waals surface area contributed by atoms with E-state index in [1.54, 1.807) is 11.8 Å². The predicted molar refractivity (Wildman–Crippen MR) is 91.6 cm³/mol. The average Bonchev–Trinajstić information content (AvgIpc) is 2.54. The molecule has 0 radical (unpaired) electrons. The van der Waals surface area contributed by atoms with Crippen LogP contribution in [-0.4, -0.2) is 40.9 Å². The minimum atomic E-state index is -0.290. The van der Waals surface area contributed by atoms with Crippen LogP contribution in [0.4, 0.5) is 0 Å². The minimum Gasteiger partial charge on any atom is -0.335 e. The van der Waals surface area contributed by atoms with E-state index in [-0.39, 0.29) is 11.9 Å². The number of hydrogen-bond donors (Lipinski definition) is 1. The van der Waals surface area contributed by atoms with Gasteiger partial charge in [0.1, 0.15) is 0 Å². The molecule has 0 aromatic carbocycles. The van der Waals surface area contributed by atoms with Gasteiger partial charge in [-0.05, 0) is 44.1 Å². The van der Waals surface area contributed by atoms with Crippen LogP contribution in [0.5, 0.6) is 0 Å². The monoisotopic (exact) mass is 312 g/mol. The number of thioether (sulfide) groups is 1. The van der Waals surface area contributed by atoms with E-state index in [0.717, 1.165) is 12.2 Å². The lowest BCUT2D eigenvalue weighted by atomic mass is 9.88. The van der Waals surface area contributed by atoms with Gasteiger partial charge in [0.05, 0.1) is 6.04 Å². The summed E-state index contributed by atoms with van der Waals surface area (Å²) in [5.74, 6) is 1.22. The van der Waals surface area contributed by atoms with E-state index in [1.165, 1.54) is 64.2 Å². The molecule has 0 heterocycles. The van der Waals surface area contributed by atoms with Crippen LogP contribution in [-0.2, 0) is 4.79 Å². The Morgan fingerprint density at radius 1 is 1.05 bits per heavy atom. The van der Waals surface area contributed by atoms with Crippen molar-refractivity contribution in [1.29, 1.82) is 0 Å². The van der Waals surface area contributed by atoms with Crippen molar-refractivity contribution in [3.8, 4) is 0 Å². The van der Waals surface area contributed by atoms with Gasteiger partial charge in [0.2, 0.25) is 5.91 Å². The average molecular weight is 313 g/mol. The van der Waals surface area contributed by atoms with Crippen LogP contribution in [0.3, 0.4) is 0 Å². The Morgan fingerprint density at radius 3 is 1.95 bits per heavy atom. The number of hydrogen-bond acceptors (Lipinski definition) is 3. The van der Waals surface area contributed by atoms with Crippen LogP contribution in [0.25, 0.3) is 0 Å². The lowest BCUT2D eigenvalue weighted by molar-refractivity contribution is -0.139. The van der Waals surface area contributed by atoms with Gasteiger partial charge in [-0.1, -0.05) is 38.5 Å². The topological polar surface area (TPSA) is 46.3 Å². The first-order valence-corrected chi connectivity index (χ1v) is 10.2. The van der Waals surface area contributed by atoms with Gasteiger partial charge in [-0.3, -0.25) is 4.79 Å². The molecular weight excluding hydrogens is 280 g/mol. The van der Waals surface area contributed by atoms with Crippen LogP contribution < -0.4 is 5.73 Å². The highest BCUT2D eigenvalue weighted by molar-refractivity contribution is 7.98. The molecule has 2 saturated carbocycles. The van der Waals surface area contributed by atoms with E-state index >= 15 is 0 Å². The summed E-state index contributed by atoms with van der Waals surface area (Å²) in [6.45, 7) is 0. The lowest BCUT2D eigenvalue weighted by Gasteiger charge is -2.43. The summed E-state index contributed by atoms with van der Waals surface area (Å²) in [5.41, 5.74) is 6.21. The van der Waals surface area contributed by atoms with Crippen LogP contribution in [0, 0.1) is 0 Å². The van der Waals surface area contributed by atoms with Gasteiger partial charge in [0, 0.05) is 12.1 Å². The van der Waals surface area contributed by atoms with Crippen LogP contribution >= 0.6 is 11.8 Å². The third-order valence-corrected chi connectivity index (χ3v) is 5.78. The third-order valence-electron chi connectivity index (χ3n) is 5.14. The molecule has 3 nitrogen and oxygen atoms in total. The molecule has 0 spiro atoms. The van der Waals surface area contributed by atoms with Gasteiger partial charge in [-0.25, -0.2) is 0 Å². The first kappa shape index (κ1) is 17.1. The Bertz CT molecular complexity index is 294. The molecule has 2 N–H and O–H groups in total. The molecule has 1 amide bonds. The summed E-state index contributed by atoms with van der Waals surface area (Å²) < 4.78 is 0. The van der Waals surface area contributed by atoms with Crippen molar-refractivity contribution in [3.63, 3.8) is 0 Å². The second kappa shape index (κ2) is 9.04. The summed E-state index contributed by atoms with van der Waals surface area (Å²) in [6, 6.07) is 0.644. The SMILES string of the molecule is CSCC[C@@H](N)C(=O)N(C1CCCCC1)C1CCCCC1. The maximum Gasteiger partial charge on any atom is 0.240 e. The molecule has 2 aliphatic carbocycles. The van der Waals surface area contributed by atoms with Crippen LogP contribution in [0.1, 0.15) is 70.6 Å². The van der Waals surface area contributed by atoms with Crippen molar-refractivity contribution in [2.75, 3.05) is 12.0 Å². The maximum atomic E-state index is 12.9. The van der Waals surface area contributed by atoms with Crippen molar-refractivity contribution in [1.82, 2.24) is 4.90 Å². The van der Waals surface area contributed by atoms with Crippen LogP contribution in [0.2, 0.25) is 0 Å². The first-order chi connectivity index (χ1) is 10.2. The van der Waals surface area contributed by atoms with Crippen molar-refractivity contribution in [3.05, 3.63) is 0 Å². The highest BCUT2D eigenvalue weighted by atomic mass is 32.2. The molecule has 122 valence electrons. The Kier molecular flexibility index (Phi) is 7.38. The second-order valence-corrected chi connectivity index (χ2v) is 7.70. The van der Waals surface area contributed by atoms with Gasteiger partial charge >= 0.3 is 0 Å². The zero-order valence-corrected chi connectivity index (χ0v) is 14.4. The van der Waals surface area contributed by atoms with E-state index in [2.05, 4.69) is 11.2 Å². The zero-order chi connectivity index (χ0) is 15.1. The van der Waals surface area contributed by atoms with Gasteiger partial charge in [0.25, 0.3) is 0 Å². The van der Waals surface area contributed by atoms with E-state index in [0.29, 0.717) is 12.1 Å². The Hall–Kier alpha value is -0.220. The molecule has 21 heavy (non-hydrogen) atoms. The van der Waals surface area contributed by atoms with Crippen molar-refractivity contribution in [2.24, 2.45) is 5.73 Å². The second-order valence-electron chi connectivity index (χ2n) is 6.72. The molecule has 0 aromatic heterocycles. The predicted octanol–water partition coefficient (Wildman–Crippen LogP) is 3.56. The van der Waals surface area contributed by atoms with E-state index in [9.17, 15) is 4.79 Å². The molecule has 0 bridgehead atoms. The van der Waals surface area contributed by atoms with E-state index in [1.807, 2.05) is 0 Å². The van der Waals surface area contributed by atoms with Gasteiger partial charge in [-0.15, -0.1) is 0 Å². The largest absolute Gasteiger partial charge is 0.335 e. The summed E-state index contributed by atoms with van der Waals surface area (Å²) in [5, 5.41) is 0. The maximum absolute atomic E-state index is 12.9. The molecule has 2 aliphatic rings. The molecule has 0 aliphatic heterocycles. The molecule has 0 unspecified atom stereocenters. The fourth-order valence-corrected chi connectivity index (χ4v) is 4.43. The van der Waals surface area contributed by atoms with E-state index in [4.69, 9.17) is 5.73 Å². The third kappa shape index (κ3) is 4.88. The number of amides is 1. The number of carbonyl (C=O) groups excluding carboxylic acids is 1. The highest BCUT2D eigenvalue weighted by Gasteiger charge is 2.34. The highest BCUT2D eigenvalue weighted by Crippen LogP contribution is 2.30. The first-order valence-electron chi connectivity index (χ1n) is 8.80. The Balaban J connectivity index is 2.03. The summed E-state index contributed by atoms with van der Waals surface area (Å²) in [4.78, 5) is 15.2. The lowest BCUT2D eigenvalue weighted by Crippen LogP contribution is -2.54. The standard InChI is InChI=1S/C17H32N2OS/c1-21-13-12-16(18)17(20)19(14-8-4-2-5-9-14)15-10-6-3-7-11-15/h14-16H,2-13,18H2,1H3/t16-/m1/s1. The fraction of sp³-hybridized carbons (Fsp3) is 0.941. The van der Waals surface area contributed by atoms with Gasteiger partial charge in [-0.2, -0.15) is 11.8 Å². The van der Waals surface area contributed by atoms with E-state index < -0.39 is 0 Å². The quantitative estimate of drug-likeness (QED) is 0.815. The summed E-state index contributed by atoms with van der Waals surface area (Å²) in [6.07, 6.45) is 15.4. The number of nitrogens with two attached hydrogens (primary N) is 1. The van der Waals surface area contributed by atoms with Crippen molar-refractivity contribution < 1.29 is 4.79 Å². The Morgan fingerprint density at radius 2 is 1.52 bits per heavy atom. The number of carbonyl (C=O) groups is 1. The normalized spacial score (nSPS) is 23.0. The molecule has 0 aromatic rings. The van der Waals surface area contributed by atoms with Crippen molar-refractivity contribution in [2.45, 2.75) is 88.8 Å². The minimum absolute atomic E-state index is 0.239. The van der Waals surface area contributed by atoms with Crippen LogP contribution in [0.15, 0.2) is 0 Å². The molecule has 4 heteroatoms. The Labute approximate surface area is 134 Å². The van der Waals surface area contributed by atoms with Crippen molar-refractivity contribution >= 4 is 17.7 Å². The summed E-state index contributed by atoms with van der Waals surface area (Å²) >= 11 is 1.78. The molecule has 2 fully saturated rings. The molecular formula is C17H32N2OS. The van der Waals surface area contributed by atoms with Gasteiger partial charge < -0.3 is 10.6 Å². The number of nitrogens with zero attached hydrogens (tertiary/aromatic N) is 1. The van der Waals surface area contributed by atoms with Gasteiger partial charge in [0.15, 0.2) is 0 Å². The molecule has 1 atom stereocenters. The molecule has 2 rings (SSSR count). The molecule has 0 saturated heterocycles. The number of rotatable bonds is 6. The fourth-order valence-electron chi connectivity index (χ4n) is 3.94. The smallest absolute Gasteiger partial charge is 0.240 e.